The lowest BCUT2D eigenvalue weighted by atomic mass is 9.65. The lowest BCUT2D eigenvalue weighted by Crippen LogP contribution is -2.58. The lowest BCUT2D eigenvalue weighted by Gasteiger charge is -2.54. The second-order valence-corrected chi connectivity index (χ2v) is 6.96. The number of hydrogen-bond donors (Lipinski definition) is 0. The molecule has 3 aliphatic heterocycles. The maximum absolute atomic E-state index is 5.97. The van der Waals surface area contributed by atoms with Crippen LogP contribution in [0.5, 0.6) is 0 Å². The first-order valence-corrected chi connectivity index (χ1v) is 8.87. The molecule has 124 valence electrons. The molecular formula is C19H26N2O2. The molecule has 0 amide bonds. The monoisotopic (exact) mass is 314 g/mol. The Bertz CT molecular complexity index is 556. The van der Waals surface area contributed by atoms with Crippen LogP contribution in [0.4, 0.5) is 0 Å². The van der Waals surface area contributed by atoms with E-state index in [1.807, 2.05) is 12.3 Å². The SMILES string of the molecule is C1=C([C@@]23CCCN(Cc4ccccn4)[C@H]2CCOC3)CCOC1. The molecule has 0 aromatic carbocycles. The Hall–Kier alpha value is -1.23. The summed E-state index contributed by atoms with van der Waals surface area (Å²) in [6, 6.07) is 6.80. The molecule has 1 aromatic rings. The molecule has 4 heterocycles. The van der Waals surface area contributed by atoms with Crippen molar-refractivity contribution in [1.29, 1.82) is 0 Å². The first kappa shape index (κ1) is 15.3. The standard InChI is InChI=1S/C19H26N2O2/c1-2-9-20-17(4-1)14-21-10-3-8-19(15-23-13-7-18(19)21)16-5-11-22-12-6-16/h1-2,4-5,9,18H,3,6-8,10-15H2/t18-,19-/m0/s1. The summed E-state index contributed by atoms with van der Waals surface area (Å²) >= 11 is 0. The number of aromatic nitrogens is 1. The van der Waals surface area contributed by atoms with Crippen LogP contribution in [0.3, 0.4) is 0 Å². The fraction of sp³-hybridized carbons (Fsp3) is 0.632. The minimum absolute atomic E-state index is 0.203. The topological polar surface area (TPSA) is 34.6 Å². The molecule has 2 saturated heterocycles. The molecular weight excluding hydrogens is 288 g/mol. The molecule has 2 fully saturated rings. The average molecular weight is 314 g/mol. The summed E-state index contributed by atoms with van der Waals surface area (Å²) in [5, 5.41) is 0. The van der Waals surface area contributed by atoms with Crippen molar-refractivity contribution in [3.8, 4) is 0 Å². The van der Waals surface area contributed by atoms with Gasteiger partial charge in [-0.15, -0.1) is 0 Å². The molecule has 4 nitrogen and oxygen atoms in total. The summed E-state index contributed by atoms with van der Waals surface area (Å²) in [4.78, 5) is 7.20. The first-order chi connectivity index (χ1) is 11.4. The molecule has 3 aliphatic rings. The molecule has 23 heavy (non-hydrogen) atoms. The molecule has 0 saturated carbocycles. The zero-order valence-electron chi connectivity index (χ0n) is 13.7. The van der Waals surface area contributed by atoms with E-state index in [-0.39, 0.29) is 5.41 Å². The van der Waals surface area contributed by atoms with Gasteiger partial charge in [-0.3, -0.25) is 9.88 Å². The number of ether oxygens (including phenoxy) is 2. The van der Waals surface area contributed by atoms with Crippen molar-refractivity contribution in [1.82, 2.24) is 9.88 Å². The number of piperidine rings is 1. The van der Waals surface area contributed by atoms with Gasteiger partial charge in [-0.1, -0.05) is 17.7 Å². The van der Waals surface area contributed by atoms with Crippen molar-refractivity contribution >= 4 is 0 Å². The zero-order chi connectivity index (χ0) is 15.5. The third-order valence-electron chi connectivity index (χ3n) is 5.74. The maximum Gasteiger partial charge on any atom is 0.0650 e. The smallest absolute Gasteiger partial charge is 0.0650 e. The number of nitrogens with zero attached hydrogens (tertiary/aromatic N) is 2. The van der Waals surface area contributed by atoms with Gasteiger partial charge in [0.1, 0.15) is 0 Å². The fourth-order valence-electron chi connectivity index (χ4n) is 4.68. The number of fused-ring (bicyclic) bond motifs is 1. The predicted molar refractivity (Wildman–Crippen MR) is 89.1 cm³/mol. The Morgan fingerprint density at radius 2 is 2.26 bits per heavy atom. The Balaban J connectivity index is 1.61. The van der Waals surface area contributed by atoms with Crippen LogP contribution in [0.1, 0.15) is 31.4 Å². The van der Waals surface area contributed by atoms with Crippen LogP contribution in [0.25, 0.3) is 0 Å². The predicted octanol–water partition coefficient (Wildman–Crippen LogP) is 2.80. The molecule has 4 rings (SSSR count). The Labute approximate surface area is 138 Å². The van der Waals surface area contributed by atoms with Gasteiger partial charge in [0.2, 0.25) is 0 Å². The highest BCUT2D eigenvalue weighted by Gasteiger charge is 2.48. The summed E-state index contributed by atoms with van der Waals surface area (Å²) in [6.45, 7) is 5.52. The van der Waals surface area contributed by atoms with Gasteiger partial charge in [0.25, 0.3) is 0 Å². The summed E-state index contributed by atoms with van der Waals surface area (Å²) < 4.78 is 11.5. The van der Waals surface area contributed by atoms with Crippen molar-refractivity contribution in [2.24, 2.45) is 5.41 Å². The minimum Gasteiger partial charge on any atom is -0.380 e. The van der Waals surface area contributed by atoms with E-state index >= 15 is 0 Å². The van der Waals surface area contributed by atoms with Crippen LogP contribution >= 0.6 is 0 Å². The van der Waals surface area contributed by atoms with Gasteiger partial charge in [-0.2, -0.15) is 0 Å². The quantitative estimate of drug-likeness (QED) is 0.804. The molecule has 0 unspecified atom stereocenters. The highest BCUT2D eigenvalue weighted by molar-refractivity contribution is 5.23. The maximum atomic E-state index is 5.97. The van der Waals surface area contributed by atoms with Crippen molar-refractivity contribution in [2.75, 3.05) is 33.0 Å². The van der Waals surface area contributed by atoms with Crippen molar-refractivity contribution in [3.63, 3.8) is 0 Å². The van der Waals surface area contributed by atoms with Crippen molar-refractivity contribution in [3.05, 3.63) is 41.7 Å². The molecule has 0 bridgehead atoms. The van der Waals surface area contributed by atoms with Gasteiger partial charge in [-0.25, -0.2) is 0 Å². The second-order valence-electron chi connectivity index (χ2n) is 6.96. The van der Waals surface area contributed by atoms with Crippen LogP contribution in [0.15, 0.2) is 36.0 Å². The Kier molecular flexibility index (Phi) is 4.47. The van der Waals surface area contributed by atoms with E-state index in [4.69, 9.17) is 9.47 Å². The summed E-state index contributed by atoms with van der Waals surface area (Å²) in [7, 11) is 0. The summed E-state index contributed by atoms with van der Waals surface area (Å²) in [5.41, 5.74) is 2.96. The van der Waals surface area contributed by atoms with Gasteiger partial charge < -0.3 is 9.47 Å². The normalized spacial score (nSPS) is 32.2. The first-order valence-electron chi connectivity index (χ1n) is 8.87. The lowest BCUT2D eigenvalue weighted by molar-refractivity contribution is -0.0877. The van der Waals surface area contributed by atoms with E-state index < -0.39 is 0 Å². The highest BCUT2D eigenvalue weighted by Crippen LogP contribution is 2.48. The molecule has 0 N–H and O–H groups in total. The average Bonchev–Trinajstić information content (AvgIpc) is 2.64. The molecule has 4 heteroatoms. The molecule has 0 spiro atoms. The minimum atomic E-state index is 0.203. The van der Waals surface area contributed by atoms with Crippen LogP contribution in [-0.2, 0) is 16.0 Å². The van der Waals surface area contributed by atoms with Crippen LogP contribution < -0.4 is 0 Å². The van der Waals surface area contributed by atoms with Crippen molar-refractivity contribution < 1.29 is 9.47 Å². The van der Waals surface area contributed by atoms with Gasteiger partial charge >= 0.3 is 0 Å². The third kappa shape index (κ3) is 2.95. The largest absolute Gasteiger partial charge is 0.380 e. The van der Waals surface area contributed by atoms with E-state index in [2.05, 4.69) is 28.1 Å². The van der Waals surface area contributed by atoms with E-state index in [0.29, 0.717) is 6.04 Å². The van der Waals surface area contributed by atoms with Gasteiger partial charge in [0, 0.05) is 30.8 Å². The summed E-state index contributed by atoms with van der Waals surface area (Å²) in [5.74, 6) is 0. The number of pyridine rings is 1. The van der Waals surface area contributed by atoms with Gasteiger partial charge in [0.15, 0.2) is 0 Å². The Morgan fingerprint density at radius 1 is 1.26 bits per heavy atom. The molecule has 0 radical (unpaired) electrons. The zero-order valence-corrected chi connectivity index (χ0v) is 13.7. The molecule has 1 aromatic heterocycles. The second kappa shape index (κ2) is 6.71. The van der Waals surface area contributed by atoms with E-state index in [0.717, 1.165) is 45.8 Å². The molecule has 0 aliphatic carbocycles. The van der Waals surface area contributed by atoms with E-state index in [1.165, 1.54) is 25.1 Å². The third-order valence-corrected chi connectivity index (χ3v) is 5.74. The number of likely N-dealkylation sites (tertiary alicyclic amines) is 1. The number of hydrogen-bond acceptors (Lipinski definition) is 4. The van der Waals surface area contributed by atoms with Gasteiger partial charge in [-0.05, 0) is 44.4 Å². The Morgan fingerprint density at radius 3 is 3.09 bits per heavy atom. The summed E-state index contributed by atoms with van der Waals surface area (Å²) in [6.07, 6.45) is 8.92. The van der Waals surface area contributed by atoms with Crippen molar-refractivity contribution in [2.45, 2.75) is 38.3 Å². The number of rotatable bonds is 3. The fourth-order valence-corrected chi connectivity index (χ4v) is 4.68. The van der Waals surface area contributed by atoms with E-state index in [9.17, 15) is 0 Å². The van der Waals surface area contributed by atoms with Crippen LogP contribution in [0.2, 0.25) is 0 Å². The van der Waals surface area contributed by atoms with E-state index in [1.54, 1.807) is 5.57 Å². The molecule has 2 atom stereocenters. The van der Waals surface area contributed by atoms with Crippen LogP contribution in [0, 0.1) is 5.41 Å². The van der Waals surface area contributed by atoms with Crippen LogP contribution in [-0.4, -0.2) is 48.9 Å². The van der Waals surface area contributed by atoms with Gasteiger partial charge in [0.05, 0.1) is 25.5 Å². The highest BCUT2D eigenvalue weighted by atomic mass is 16.5.